The smallest absolute Gasteiger partial charge is 0.229 e. The highest BCUT2D eigenvalue weighted by Crippen LogP contribution is 2.23. The van der Waals surface area contributed by atoms with Crippen molar-refractivity contribution < 1.29 is 13.6 Å². The zero-order valence-corrected chi connectivity index (χ0v) is 9.75. The Kier molecular flexibility index (Phi) is 3.41. The molecule has 1 atom stereocenters. The highest BCUT2D eigenvalue weighted by molar-refractivity contribution is 5.83. The summed E-state index contributed by atoms with van der Waals surface area (Å²) in [6, 6.07) is 3.36. The van der Waals surface area contributed by atoms with E-state index >= 15 is 0 Å². The first-order valence-corrected chi connectivity index (χ1v) is 5.83. The fraction of sp³-hybridized carbons (Fsp3) is 0.462. The number of hydrogen-bond acceptors (Lipinski definition) is 1. The first kappa shape index (κ1) is 12.0. The summed E-state index contributed by atoms with van der Waals surface area (Å²) in [6.45, 7) is 3.15. The van der Waals surface area contributed by atoms with Crippen LogP contribution in [0.2, 0.25) is 0 Å². The molecule has 0 aliphatic carbocycles. The number of carbonyl (C=O) groups is 1. The van der Waals surface area contributed by atoms with Crippen LogP contribution in [0.1, 0.15) is 31.2 Å². The van der Waals surface area contributed by atoms with E-state index < -0.39 is 17.6 Å². The Bertz CT molecular complexity index is 427. The molecule has 2 rings (SSSR count). The topological polar surface area (TPSA) is 20.3 Å². The van der Waals surface area contributed by atoms with Gasteiger partial charge in [0.05, 0.1) is 5.92 Å². The van der Waals surface area contributed by atoms with Crippen LogP contribution in [0, 0.1) is 11.6 Å². The lowest BCUT2D eigenvalue weighted by atomic mass is 9.99. The van der Waals surface area contributed by atoms with Gasteiger partial charge >= 0.3 is 0 Å². The highest BCUT2D eigenvalue weighted by atomic mass is 19.1. The number of amides is 1. The zero-order chi connectivity index (χ0) is 12.4. The summed E-state index contributed by atoms with van der Waals surface area (Å²) < 4.78 is 26.3. The third-order valence-electron chi connectivity index (χ3n) is 3.22. The number of likely N-dealkylation sites (tertiary alicyclic amines) is 1. The fourth-order valence-electron chi connectivity index (χ4n) is 2.20. The van der Waals surface area contributed by atoms with E-state index in [0.717, 1.165) is 32.0 Å². The molecule has 1 aliphatic rings. The minimum Gasteiger partial charge on any atom is -0.342 e. The van der Waals surface area contributed by atoms with Crippen LogP contribution >= 0.6 is 0 Å². The molecule has 1 unspecified atom stereocenters. The maximum absolute atomic E-state index is 13.5. The summed E-state index contributed by atoms with van der Waals surface area (Å²) in [5, 5.41) is 0. The molecule has 1 heterocycles. The van der Waals surface area contributed by atoms with E-state index in [1.807, 2.05) is 0 Å². The molecule has 1 aromatic rings. The van der Waals surface area contributed by atoms with Crippen LogP contribution < -0.4 is 0 Å². The van der Waals surface area contributed by atoms with Crippen LogP contribution in [-0.4, -0.2) is 23.9 Å². The van der Waals surface area contributed by atoms with Crippen LogP contribution in [0.3, 0.4) is 0 Å². The first-order chi connectivity index (χ1) is 8.09. The van der Waals surface area contributed by atoms with Gasteiger partial charge in [0.2, 0.25) is 5.91 Å². The molecule has 0 saturated carbocycles. The number of rotatable bonds is 2. The van der Waals surface area contributed by atoms with Crippen molar-refractivity contribution in [2.24, 2.45) is 0 Å². The standard InChI is InChI=1S/C13H15F2NO/c1-9(13(17)16-6-2-3-7-16)11-5-4-10(14)8-12(11)15/h4-5,8-9H,2-3,6-7H2,1H3. The maximum atomic E-state index is 13.5. The Morgan fingerprint density at radius 3 is 2.53 bits per heavy atom. The Labute approximate surface area is 99.2 Å². The van der Waals surface area contributed by atoms with Crippen molar-refractivity contribution in [3.8, 4) is 0 Å². The quantitative estimate of drug-likeness (QED) is 0.777. The number of carbonyl (C=O) groups excluding carboxylic acids is 1. The lowest BCUT2D eigenvalue weighted by Gasteiger charge is -2.20. The van der Waals surface area contributed by atoms with Gasteiger partial charge in [-0.15, -0.1) is 0 Å². The van der Waals surface area contributed by atoms with Gasteiger partial charge in [0.25, 0.3) is 0 Å². The third kappa shape index (κ3) is 2.46. The molecular formula is C13H15F2NO. The Morgan fingerprint density at radius 1 is 1.29 bits per heavy atom. The Hall–Kier alpha value is -1.45. The predicted octanol–water partition coefficient (Wildman–Crippen LogP) is 2.69. The van der Waals surface area contributed by atoms with Gasteiger partial charge < -0.3 is 4.90 Å². The molecule has 1 amide bonds. The van der Waals surface area contributed by atoms with E-state index in [2.05, 4.69) is 0 Å². The van der Waals surface area contributed by atoms with E-state index in [4.69, 9.17) is 0 Å². The first-order valence-electron chi connectivity index (χ1n) is 5.83. The van der Waals surface area contributed by atoms with E-state index in [9.17, 15) is 13.6 Å². The monoisotopic (exact) mass is 239 g/mol. The van der Waals surface area contributed by atoms with Crippen molar-refractivity contribution in [2.75, 3.05) is 13.1 Å². The third-order valence-corrected chi connectivity index (χ3v) is 3.22. The normalized spacial score (nSPS) is 17.2. The largest absolute Gasteiger partial charge is 0.342 e. The summed E-state index contributed by atoms with van der Waals surface area (Å²) in [7, 11) is 0. The highest BCUT2D eigenvalue weighted by Gasteiger charge is 2.26. The van der Waals surface area contributed by atoms with Crippen molar-refractivity contribution in [2.45, 2.75) is 25.7 Å². The molecule has 1 saturated heterocycles. The predicted molar refractivity (Wildman–Crippen MR) is 60.6 cm³/mol. The van der Waals surface area contributed by atoms with Gasteiger partial charge in [0, 0.05) is 24.7 Å². The van der Waals surface area contributed by atoms with E-state index in [0.29, 0.717) is 0 Å². The van der Waals surface area contributed by atoms with Gasteiger partial charge in [-0.3, -0.25) is 4.79 Å². The molecular weight excluding hydrogens is 224 g/mol. The average Bonchev–Trinajstić information content (AvgIpc) is 2.80. The molecule has 0 aromatic heterocycles. The second-order valence-electron chi connectivity index (χ2n) is 4.42. The number of halogens is 2. The maximum Gasteiger partial charge on any atom is 0.229 e. The van der Waals surface area contributed by atoms with Gasteiger partial charge in [-0.05, 0) is 25.8 Å². The zero-order valence-electron chi connectivity index (χ0n) is 9.75. The van der Waals surface area contributed by atoms with Crippen molar-refractivity contribution in [1.29, 1.82) is 0 Å². The summed E-state index contributed by atoms with van der Waals surface area (Å²) >= 11 is 0. The van der Waals surface area contributed by atoms with E-state index in [1.54, 1.807) is 11.8 Å². The molecule has 92 valence electrons. The van der Waals surface area contributed by atoms with Crippen molar-refractivity contribution in [3.05, 3.63) is 35.4 Å². The molecule has 1 aromatic carbocycles. The Morgan fingerprint density at radius 2 is 1.94 bits per heavy atom. The van der Waals surface area contributed by atoms with Gasteiger partial charge in [0.15, 0.2) is 0 Å². The number of nitrogens with zero attached hydrogens (tertiary/aromatic N) is 1. The lowest BCUT2D eigenvalue weighted by Crippen LogP contribution is -2.31. The minimum absolute atomic E-state index is 0.0759. The van der Waals surface area contributed by atoms with Crippen LogP contribution in [0.15, 0.2) is 18.2 Å². The summed E-state index contributed by atoms with van der Waals surface area (Å²) in [4.78, 5) is 13.8. The lowest BCUT2D eigenvalue weighted by molar-refractivity contribution is -0.131. The van der Waals surface area contributed by atoms with Gasteiger partial charge in [-0.1, -0.05) is 6.07 Å². The summed E-state index contributed by atoms with van der Waals surface area (Å²) in [6.07, 6.45) is 2.01. The van der Waals surface area contributed by atoms with Crippen LogP contribution in [-0.2, 0) is 4.79 Å². The summed E-state index contributed by atoms with van der Waals surface area (Å²) in [5.41, 5.74) is 0.267. The molecule has 0 N–H and O–H groups in total. The van der Waals surface area contributed by atoms with Crippen molar-refractivity contribution in [1.82, 2.24) is 4.90 Å². The molecule has 0 bridgehead atoms. The molecule has 1 fully saturated rings. The molecule has 2 nitrogen and oxygen atoms in total. The van der Waals surface area contributed by atoms with Crippen LogP contribution in [0.25, 0.3) is 0 Å². The molecule has 4 heteroatoms. The average molecular weight is 239 g/mol. The number of benzene rings is 1. The van der Waals surface area contributed by atoms with Gasteiger partial charge in [-0.2, -0.15) is 0 Å². The molecule has 0 radical (unpaired) electrons. The molecule has 0 spiro atoms. The van der Waals surface area contributed by atoms with Crippen LogP contribution in [0.5, 0.6) is 0 Å². The van der Waals surface area contributed by atoms with Crippen LogP contribution in [0.4, 0.5) is 8.78 Å². The number of hydrogen-bond donors (Lipinski definition) is 0. The van der Waals surface area contributed by atoms with Crippen molar-refractivity contribution in [3.63, 3.8) is 0 Å². The minimum atomic E-state index is -0.648. The van der Waals surface area contributed by atoms with Gasteiger partial charge in [0.1, 0.15) is 11.6 Å². The summed E-state index contributed by atoms with van der Waals surface area (Å²) in [5.74, 6) is -1.89. The van der Waals surface area contributed by atoms with E-state index in [1.165, 1.54) is 12.1 Å². The molecule has 1 aliphatic heterocycles. The molecule has 17 heavy (non-hydrogen) atoms. The second-order valence-corrected chi connectivity index (χ2v) is 4.42. The fourth-order valence-corrected chi connectivity index (χ4v) is 2.20. The van der Waals surface area contributed by atoms with Gasteiger partial charge in [-0.25, -0.2) is 8.78 Å². The Balaban J connectivity index is 2.18. The SMILES string of the molecule is CC(C(=O)N1CCCC1)c1ccc(F)cc1F. The van der Waals surface area contributed by atoms with E-state index in [-0.39, 0.29) is 11.5 Å². The second kappa shape index (κ2) is 4.82. The van der Waals surface area contributed by atoms with Crippen molar-refractivity contribution >= 4 is 5.91 Å².